The van der Waals surface area contributed by atoms with Crippen molar-refractivity contribution < 1.29 is 4.42 Å². The van der Waals surface area contributed by atoms with Crippen molar-refractivity contribution in [1.29, 1.82) is 0 Å². The molecule has 13 rings (SSSR count). The first kappa shape index (κ1) is 29.3. The average molecular weight is 695 g/mol. The Morgan fingerprint density at radius 3 is 1.35 bits per heavy atom. The number of benzene rings is 10. The molecule has 0 fully saturated rings. The van der Waals surface area contributed by atoms with Gasteiger partial charge in [-0.05, 0) is 147 Å². The molecular formula is C54H30O. The molecule has 0 N–H and O–H groups in total. The van der Waals surface area contributed by atoms with Gasteiger partial charge in [-0.15, -0.1) is 0 Å². The summed E-state index contributed by atoms with van der Waals surface area (Å²) in [6, 6.07) is 67.2. The minimum absolute atomic E-state index is 0.907. The standard InChI is InChI=1S/C54H30O/c1-3-9-41-39(7-1)46-13-5-11-44-37(22-24-48(41)53(44)46)34-18-16-31-15-17-32(27-36(31)28-34)33-20-26-51-50(29-33)43-21-19-35(30-52(43)55-51)38-23-25-49-42-10-4-2-8-40(42)47-14-6-12-45(38)54(47)49/h1-30H. The number of hydrogen-bond donors (Lipinski definition) is 0. The fourth-order valence-corrected chi connectivity index (χ4v) is 9.84. The van der Waals surface area contributed by atoms with Crippen LogP contribution in [-0.2, 0) is 0 Å². The summed E-state index contributed by atoms with van der Waals surface area (Å²) in [6.45, 7) is 0. The highest BCUT2D eigenvalue weighted by atomic mass is 16.3. The maximum Gasteiger partial charge on any atom is 0.136 e. The van der Waals surface area contributed by atoms with E-state index in [0.29, 0.717) is 0 Å². The third-order valence-electron chi connectivity index (χ3n) is 12.4. The third kappa shape index (κ3) is 4.02. The lowest BCUT2D eigenvalue weighted by Gasteiger charge is -2.11. The van der Waals surface area contributed by atoms with E-state index in [-0.39, 0.29) is 0 Å². The molecule has 2 aliphatic carbocycles. The smallest absolute Gasteiger partial charge is 0.136 e. The van der Waals surface area contributed by atoms with E-state index in [2.05, 4.69) is 182 Å². The summed E-state index contributed by atoms with van der Waals surface area (Å²) < 4.78 is 6.54. The number of rotatable bonds is 3. The second-order valence-electron chi connectivity index (χ2n) is 15.2. The van der Waals surface area contributed by atoms with Gasteiger partial charge in [0.05, 0.1) is 0 Å². The van der Waals surface area contributed by atoms with Crippen LogP contribution in [0.3, 0.4) is 0 Å². The molecule has 0 spiro atoms. The van der Waals surface area contributed by atoms with Crippen molar-refractivity contribution in [2.45, 2.75) is 0 Å². The minimum atomic E-state index is 0.907. The van der Waals surface area contributed by atoms with Gasteiger partial charge in [0.1, 0.15) is 11.2 Å². The van der Waals surface area contributed by atoms with Crippen LogP contribution in [0.1, 0.15) is 0 Å². The van der Waals surface area contributed by atoms with E-state index in [1.54, 1.807) is 0 Å². The molecule has 1 nitrogen and oxygen atoms in total. The fraction of sp³-hybridized carbons (Fsp3) is 0. The molecule has 0 atom stereocenters. The van der Waals surface area contributed by atoms with E-state index >= 15 is 0 Å². The quantitative estimate of drug-likeness (QED) is 0.179. The van der Waals surface area contributed by atoms with Gasteiger partial charge in [0.25, 0.3) is 0 Å². The van der Waals surface area contributed by atoms with Crippen LogP contribution in [0, 0.1) is 0 Å². The SMILES string of the molecule is c1ccc2c(c1)-c1cccc3c(-c4ccc5ccc(-c6ccc7oc8cc(-c9ccc%10c%11c(cccc9%11)-c9ccccc9-%10)ccc8c7c6)cc5c4)ccc-2c13. The van der Waals surface area contributed by atoms with Crippen LogP contribution in [0.5, 0.6) is 0 Å². The van der Waals surface area contributed by atoms with E-state index in [0.717, 1.165) is 21.9 Å². The van der Waals surface area contributed by atoms with Crippen molar-refractivity contribution in [2.24, 2.45) is 0 Å². The Hall–Kier alpha value is -7.22. The zero-order valence-electron chi connectivity index (χ0n) is 29.7. The van der Waals surface area contributed by atoms with E-state index in [9.17, 15) is 0 Å². The fourth-order valence-electron chi connectivity index (χ4n) is 9.84. The predicted molar refractivity (Wildman–Crippen MR) is 231 cm³/mol. The van der Waals surface area contributed by atoms with Crippen LogP contribution >= 0.6 is 0 Å². The van der Waals surface area contributed by atoms with Crippen molar-refractivity contribution in [3.05, 3.63) is 182 Å². The van der Waals surface area contributed by atoms with E-state index in [1.807, 2.05) is 0 Å². The zero-order chi connectivity index (χ0) is 35.8. The van der Waals surface area contributed by atoms with Gasteiger partial charge in [-0.1, -0.05) is 146 Å². The molecule has 2 aliphatic rings. The zero-order valence-corrected chi connectivity index (χ0v) is 29.7. The Balaban J connectivity index is 0.889. The first-order valence-corrected chi connectivity index (χ1v) is 19.1. The molecule has 0 saturated carbocycles. The topological polar surface area (TPSA) is 13.1 Å². The Bertz CT molecular complexity index is 3430. The summed E-state index contributed by atoms with van der Waals surface area (Å²) in [5, 5.41) is 10.0. The Morgan fingerprint density at radius 2 is 0.709 bits per heavy atom. The summed E-state index contributed by atoms with van der Waals surface area (Å²) in [5.41, 5.74) is 19.7. The number of fused-ring (bicyclic) bond motifs is 10. The molecule has 0 radical (unpaired) electrons. The van der Waals surface area contributed by atoms with Gasteiger partial charge >= 0.3 is 0 Å². The molecule has 0 unspecified atom stereocenters. The van der Waals surface area contributed by atoms with Crippen molar-refractivity contribution in [1.82, 2.24) is 0 Å². The van der Waals surface area contributed by atoms with Gasteiger partial charge < -0.3 is 4.42 Å². The molecule has 1 heteroatoms. The monoisotopic (exact) mass is 694 g/mol. The van der Waals surface area contributed by atoms with Gasteiger partial charge in [-0.3, -0.25) is 0 Å². The van der Waals surface area contributed by atoms with Crippen LogP contribution in [0.2, 0.25) is 0 Å². The van der Waals surface area contributed by atoms with E-state index in [4.69, 9.17) is 4.42 Å². The maximum atomic E-state index is 6.54. The molecule has 0 saturated heterocycles. The van der Waals surface area contributed by atoms with Crippen molar-refractivity contribution >= 4 is 54.3 Å². The van der Waals surface area contributed by atoms with Crippen LogP contribution in [0.15, 0.2) is 186 Å². The maximum absolute atomic E-state index is 6.54. The highest BCUT2D eigenvalue weighted by Crippen LogP contribution is 2.51. The molecular weight excluding hydrogens is 665 g/mol. The predicted octanol–water partition coefficient (Wildman–Crippen LogP) is 15.3. The Morgan fingerprint density at radius 1 is 0.236 bits per heavy atom. The Kier molecular flexibility index (Phi) is 5.69. The second-order valence-corrected chi connectivity index (χ2v) is 15.2. The molecule has 55 heavy (non-hydrogen) atoms. The average Bonchev–Trinajstić information content (AvgIpc) is 3.90. The molecule has 10 aromatic carbocycles. The highest BCUT2D eigenvalue weighted by Gasteiger charge is 2.24. The lowest BCUT2D eigenvalue weighted by Crippen LogP contribution is -1.85. The van der Waals surface area contributed by atoms with Gasteiger partial charge in [-0.2, -0.15) is 0 Å². The molecule has 0 amide bonds. The minimum Gasteiger partial charge on any atom is -0.456 e. The largest absolute Gasteiger partial charge is 0.456 e. The summed E-state index contributed by atoms with van der Waals surface area (Å²) in [6.07, 6.45) is 0. The van der Waals surface area contributed by atoms with Gasteiger partial charge in [0.2, 0.25) is 0 Å². The second kappa shape index (κ2) is 10.7. The molecule has 0 bridgehead atoms. The van der Waals surface area contributed by atoms with Crippen LogP contribution in [-0.4, -0.2) is 0 Å². The lowest BCUT2D eigenvalue weighted by molar-refractivity contribution is 0.669. The van der Waals surface area contributed by atoms with Gasteiger partial charge in [-0.25, -0.2) is 0 Å². The normalized spacial score (nSPS) is 12.4. The lowest BCUT2D eigenvalue weighted by atomic mass is 9.92. The summed E-state index contributed by atoms with van der Waals surface area (Å²) in [7, 11) is 0. The Labute approximate surface area is 317 Å². The van der Waals surface area contributed by atoms with Gasteiger partial charge in [0, 0.05) is 10.8 Å². The van der Waals surface area contributed by atoms with Crippen LogP contribution < -0.4 is 0 Å². The third-order valence-corrected chi connectivity index (χ3v) is 12.4. The molecule has 0 aliphatic heterocycles. The summed E-state index contributed by atoms with van der Waals surface area (Å²) in [4.78, 5) is 0. The number of furan rings is 1. The van der Waals surface area contributed by atoms with Crippen LogP contribution in [0.4, 0.5) is 0 Å². The molecule has 1 aromatic heterocycles. The first-order valence-electron chi connectivity index (χ1n) is 19.1. The van der Waals surface area contributed by atoms with Crippen LogP contribution in [0.25, 0.3) is 132 Å². The molecule has 1 heterocycles. The van der Waals surface area contributed by atoms with E-state index in [1.165, 1.54) is 110 Å². The van der Waals surface area contributed by atoms with Crippen molar-refractivity contribution in [2.75, 3.05) is 0 Å². The molecule has 252 valence electrons. The number of hydrogen-bond acceptors (Lipinski definition) is 1. The van der Waals surface area contributed by atoms with Gasteiger partial charge in [0.15, 0.2) is 0 Å². The summed E-state index contributed by atoms with van der Waals surface area (Å²) in [5.74, 6) is 0. The van der Waals surface area contributed by atoms with Crippen molar-refractivity contribution in [3.63, 3.8) is 0 Å². The molecule has 11 aromatic rings. The van der Waals surface area contributed by atoms with E-state index < -0.39 is 0 Å². The van der Waals surface area contributed by atoms with Crippen molar-refractivity contribution in [3.8, 4) is 77.9 Å². The summed E-state index contributed by atoms with van der Waals surface area (Å²) >= 11 is 0. The first-order chi connectivity index (χ1) is 27.2. The highest BCUT2D eigenvalue weighted by molar-refractivity contribution is 6.20.